The maximum Gasteiger partial charge on any atom is 0.332 e. The van der Waals surface area contributed by atoms with Gasteiger partial charge in [0.05, 0.1) is 7.11 Å². The molecule has 0 radical (unpaired) electrons. The minimum atomic E-state index is -1.11. The minimum absolute atomic E-state index is 0.0593. The molecule has 2 aromatic heterocycles. The summed E-state index contributed by atoms with van der Waals surface area (Å²) in [4.78, 5) is 60.7. The molecule has 2 heterocycles. The van der Waals surface area contributed by atoms with Gasteiger partial charge < -0.3 is 9.64 Å². The van der Waals surface area contributed by atoms with E-state index in [0.717, 1.165) is 16.3 Å². The Labute approximate surface area is 187 Å². The van der Waals surface area contributed by atoms with Gasteiger partial charge in [-0.15, -0.1) is 0 Å². The van der Waals surface area contributed by atoms with E-state index in [1.54, 1.807) is 38.4 Å². The highest BCUT2D eigenvalue weighted by atomic mass is 32.2. The van der Waals surface area contributed by atoms with Crippen molar-refractivity contribution >= 4 is 34.5 Å². The third kappa shape index (κ3) is 4.15. The summed E-state index contributed by atoms with van der Waals surface area (Å²) in [5.41, 5.74) is -0.476. The molecule has 32 heavy (non-hydrogen) atoms. The molecule has 0 unspecified atom stereocenters. The van der Waals surface area contributed by atoms with Crippen molar-refractivity contribution in [1.82, 2.24) is 24.0 Å². The van der Waals surface area contributed by atoms with Gasteiger partial charge in [-0.05, 0) is 19.1 Å². The summed E-state index contributed by atoms with van der Waals surface area (Å²) in [7, 11) is 7.46. The Bertz CT molecular complexity index is 1340. The highest BCUT2D eigenvalue weighted by Gasteiger charge is 2.29. The summed E-state index contributed by atoms with van der Waals surface area (Å²) in [6.07, 6.45) is 0. The summed E-state index contributed by atoms with van der Waals surface area (Å²) >= 11 is 0.867. The molecule has 0 saturated carbocycles. The number of nitrogens with zero attached hydrogens (tertiary/aromatic N) is 5. The topological polar surface area (TPSA) is 116 Å². The molecule has 11 heteroatoms. The summed E-state index contributed by atoms with van der Waals surface area (Å²) in [5.74, 6) is -0.0201. The van der Waals surface area contributed by atoms with Crippen LogP contribution in [0.2, 0.25) is 0 Å². The van der Waals surface area contributed by atoms with E-state index in [4.69, 9.17) is 4.74 Å². The fraction of sp³-hybridized carbons (Fsp3) is 0.333. The van der Waals surface area contributed by atoms with Crippen LogP contribution in [0.4, 0.5) is 0 Å². The predicted molar refractivity (Wildman–Crippen MR) is 121 cm³/mol. The van der Waals surface area contributed by atoms with E-state index in [0.29, 0.717) is 11.3 Å². The fourth-order valence-corrected chi connectivity index (χ4v) is 4.20. The van der Waals surface area contributed by atoms with Crippen LogP contribution in [-0.4, -0.2) is 62.1 Å². The lowest BCUT2D eigenvalue weighted by Crippen LogP contribution is -2.38. The number of ketones is 1. The van der Waals surface area contributed by atoms with E-state index in [1.165, 1.54) is 37.6 Å². The molecular weight excluding hydrogens is 434 g/mol. The third-order valence-electron chi connectivity index (χ3n) is 4.86. The van der Waals surface area contributed by atoms with Gasteiger partial charge in [0.2, 0.25) is 5.91 Å². The fourth-order valence-electron chi connectivity index (χ4n) is 3.06. The van der Waals surface area contributed by atoms with E-state index in [2.05, 4.69) is 9.97 Å². The maximum atomic E-state index is 13.0. The number of aryl methyl sites for hydroxylation is 1. The van der Waals surface area contributed by atoms with Gasteiger partial charge in [-0.25, -0.2) is 14.8 Å². The van der Waals surface area contributed by atoms with Crippen molar-refractivity contribution in [3.63, 3.8) is 0 Å². The second kappa shape index (κ2) is 8.95. The quantitative estimate of drug-likeness (QED) is 0.304. The van der Waals surface area contributed by atoms with Crippen LogP contribution < -0.4 is 16.0 Å². The standard InChI is InChI=1S/C21H23N5O5S/c1-11(27)15(20(29)24(2)3)32-18-14-17(25(4)21(30)26(5)19(14)28)22-16(23-18)12-8-7-9-13(10-12)31-6/h7-10,15H,1-6H3/t15-/m1/s1. The number of hydrogen-bond donors (Lipinski definition) is 0. The maximum absolute atomic E-state index is 13.0. The van der Waals surface area contributed by atoms with Gasteiger partial charge in [0.1, 0.15) is 21.4 Å². The molecule has 0 N–H and O–H groups in total. The van der Waals surface area contributed by atoms with Crippen LogP contribution in [0.1, 0.15) is 6.92 Å². The second-order valence-electron chi connectivity index (χ2n) is 7.33. The molecule has 1 atom stereocenters. The monoisotopic (exact) mass is 457 g/mol. The molecular formula is C21H23N5O5S. The number of ether oxygens (including phenoxy) is 1. The van der Waals surface area contributed by atoms with E-state index >= 15 is 0 Å². The number of carbonyl (C=O) groups excluding carboxylic acids is 2. The molecule has 3 rings (SSSR count). The molecule has 0 fully saturated rings. The molecule has 10 nitrogen and oxygen atoms in total. The molecule has 1 aromatic carbocycles. The lowest BCUT2D eigenvalue weighted by molar-refractivity contribution is -0.132. The molecule has 0 bridgehead atoms. The van der Waals surface area contributed by atoms with Crippen LogP contribution in [0.5, 0.6) is 5.75 Å². The van der Waals surface area contributed by atoms with Crippen molar-refractivity contribution in [1.29, 1.82) is 0 Å². The minimum Gasteiger partial charge on any atom is -0.497 e. The predicted octanol–water partition coefficient (Wildman–Crippen LogP) is 0.841. The number of fused-ring (bicyclic) bond motifs is 1. The number of rotatable bonds is 6. The van der Waals surface area contributed by atoms with Gasteiger partial charge in [-0.1, -0.05) is 23.9 Å². The van der Waals surface area contributed by atoms with Gasteiger partial charge in [0.15, 0.2) is 17.3 Å². The zero-order valence-electron chi connectivity index (χ0n) is 18.6. The molecule has 0 saturated heterocycles. The second-order valence-corrected chi connectivity index (χ2v) is 8.42. The molecule has 0 aliphatic rings. The molecule has 0 aliphatic heterocycles. The number of amides is 1. The zero-order chi connectivity index (χ0) is 23.7. The SMILES string of the molecule is COc1cccc(-c2nc(S[C@H](C(C)=O)C(=O)N(C)C)c3c(=O)n(C)c(=O)n(C)c3n2)c1. The number of methoxy groups -OCH3 is 1. The van der Waals surface area contributed by atoms with Gasteiger partial charge in [-0.2, -0.15) is 0 Å². The number of aromatic nitrogens is 4. The highest BCUT2D eigenvalue weighted by molar-refractivity contribution is 8.01. The van der Waals surface area contributed by atoms with Crippen LogP contribution in [0.25, 0.3) is 22.4 Å². The van der Waals surface area contributed by atoms with E-state index in [-0.39, 0.29) is 27.7 Å². The third-order valence-corrected chi connectivity index (χ3v) is 6.15. The number of Topliss-reactive ketones (excluding diaryl/α,β-unsaturated/α-hetero) is 1. The molecule has 3 aromatic rings. The average Bonchev–Trinajstić information content (AvgIpc) is 2.78. The first-order valence-corrected chi connectivity index (χ1v) is 10.4. The Balaban J connectivity index is 2.36. The van der Waals surface area contributed by atoms with E-state index in [1.807, 2.05) is 0 Å². The van der Waals surface area contributed by atoms with Gasteiger partial charge in [0, 0.05) is 33.8 Å². The highest BCUT2D eigenvalue weighted by Crippen LogP contribution is 2.31. The normalized spacial score (nSPS) is 11.9. The number of carbonyl (C=O) groups is 2. The molecule has 0 spiro atoms. The Kier molecular flexibility index (Phi) is 6.49. The zero-order valence-corrected chi connectivity index (χ0v) is 19.4. The van der Waals surface area contributed by atoms with Crippen LogP contribution in [0, 0.1) is 0 Å². The lowest BCUT2D eigenvalue weighted by Gasteiger charge is -2.19. The van der Waals surface area contributed by atoms with Crippen molar-refractivity contribution in [3.05, 3.63) is 45.1 Å². The van der Waals surface area contributed by atoms with Crippen LogP contribution in [0.3, 0.4) is 0 Å². The first kappa shape index (κ1) is 23.2. The number of thioether (sulfide) groups is 1. The van der Waals surface area contributed by atoms with E-state index < -0.39 is 22.4 Å². The van der Waals surface area contributed by atoms with Crippen molar-refractivity contribution < 1.29 is 14.3 Å². The lowest BCUT2D eigenvalue weighted by atomic mass is 10.2. The van der Waals surface area contributed by atoms with E-state index in [9.17, 15) is 19.2 Å². The summed E-state index contributed by atoms with van der Waals surface area (Å²) < 4.78 is 7.44. The van der Waals surface area contributed by atoms with Gasteiger partial charge in [0.25, 0.3) is 5.56 Å². The van der Waals surface area contributed by atoms with Crippen molar-refractivity contribution in [2.45, 2.75) is 17.2 Å². The molecule has 1 amide bonds. The molecule has 0 aliphatic carbocycles. The van der Waals surface area contributed by atoms with Gasteiger partial charge in [-0.3, -0.25) is 23.5 Å². The first-order valence-electron chi connectivity index (χ1n) is 9.57. The number of hydrogen-bond acceptors (Lipinski definition) is 8. The van der Waals surface area contributed by atoms with Crippen molar-refractivity contribution in [2.75, 3.05) is 21.2 Å². The Morgan fingerprint density at radius 3 is 2.41 bits per heavy atom. The van der Waals surface area contributed by atoms with Crippen molar-refractivity contribution in [2.24, 2.45) is 14.1 Å². The largest absolute Gasteiger partial charge is 0.497 e. The van der Waals surface area contributed by atoms with Crippen LogP contribution in [0.15, 0.2) is 38.9 Å². The van der Waals surface area contributed by atoms with Gasteiger partial charge >= 0.3 is 5.69 Å². The smallest absolute Gasteiger partial charge is 0.332 e. The van der Waals surface area contributed by atoms with Crippen LogP contribution in [-0.2, 0) is 23.7 Å². The Hall–Kier alpha value is -3.47. The summed E-state index contributed by atoms with van der Waals surface area (Å²) in [6, 6.07) is 6.98. The number of benzene rings is 1. The first-order chi connectivity index (χ1) is 15.1. The van der Waals surface area contributed by atoms with Crippen LogP contribution >= 0.6 is 11.8 Å². The average molecular weight is 458 g/mol. The Morgan fingerprint density at radius 2 is 1.81 bits per heavy atom. The summed E-state index contributed by atoms with van der Waals surface area (Å²) in [5, 5.41) is -0.910. The summed E-state index contributed by atoms with van der Waals surface area (Å²) in [6.45, 7) is 1.30. The van der Waals surface area contributed by atoms with Crippen molar-refractivity contribution in [3.8, 4) is 17.1 Å². The Morgan fingerprint density at radius 1 is 1.12 bits per heavy atom. The molecule has 168 valence electrons.